The Morgan fingerprint density at radius 1 is 1.03 bits per heavy atom. The number of nitrogens with zero attached hydrogens (tertiary/aromatic N) is 4. The van der Waals surface area contributed by atoms with Crippen molar-refractivity contribution < 1.29 is 4.79 Å². The predicted molar refractivity (Wildman–Crippen MR) is 125 cm³/mol. The molecule has 2 aromatic carbocycles. The fourth-order valence-corrected chi connectivity index (χ4v) is 3.26. The number of fused-ring (bicyclic) bond motifs is 1. The molecule has 4 rings (SSSR count). The van der Waals surface area contributed by atoms with Gasteiger partial charge in [-0.2, -0.15) is 0 Å². The minimum Gasteiger partial charge on any atom is -0.337 e. The van der Waals surface area contributed by atoms with Gasteiger partial charge in [-0.15, -0.1) is 0 Å². The lowest BCUT2D eigenvalue weighted by Crippen LogP contribution is -2.34. The Balaban J connectivity index is 1.51. The van der Waals surface area contributed by atoms with Crippen molar-refractivity contribution in [2.24, 2.45) is 0 Å². The van der Waals surface area contributed by atoms with Gasteiger partial charge in [0.25, 0.3) is 0 Å². The summed E-state index contributed by atoms with van der Waals surface area (Å²) < 4.78 is 1.93. The lowest BCUT2D eigenvalue weighted by molar-refractivity contribution is 0.250. The van der Waals surface area contributed by atoms with Gasteiger partial charge in [-0.05, 0) is 62.6 Å². The number of carbonyl (C=O) groups excluding carboxylic acids is 1. The topological polar surface area (TPSA) is 75.1 Å². The van der Waals surface area contributed by atoms with Crippen LogP contribution in [0.5, 0.6) is 0 Å². The molecule has 2 amide bonds. The highest BCUT2D eigenvalue weighted by Gasteiger charge is 2.09. The fourth-order valence-electron chi connectivity index (χ4n) is 3.14. The number of urea groups is 1. The van der Waals surface area contributed by atoms with E-state index in [0.717, 1.165) is 40.3 Å². The second kappa shape index (κ2) is 9.16. The van der Waals surface area contributed by atoms with Gasteiger partial charge < -0.3 is 15.5 Å². The zero-order chi connectivity index (χ0) is 21.8. The molecule has 0 bridgehead atoms. The largest absolute Gasteiger partial charge is 0.337 e. The van der Waals surface area contributed by atoms with Gasteiger partial charge >= 0.3 is 6.03 Å². The van der Waals surface area contributed by atoms with E-state index >= 15 is 0 Å². The Hall–Kier alpha value is -3.42. The summed E-state index contributed by atoms with van der Waals surface area (Å²) in [6, 6.07) is 18.8. The molecule has 0 atom stereocenters. The number of imidazole rings is 1. The number of aromatic nitrogens is 3. The lowest BCUT2D eigenvalue weighted by atomic mass is 10.1. The molecule has 0 saturated heterocycles. The number of rotatable bonds is 6. The molecular formula is C23H23ClN6O. The third-order valence-electron chi connectivity index (χ3n) is 4.78. The second-order valence-corrected chi connectivity index (χ2v) is 7.83. The predicted octanol–water partition coefficient (Wildman–Crippen LogP) is 4.42. The summed E-state index contributed by atoms with van der Waals surface area (Å²) in [4.78, 5) is 23.3. The summed E-state index contributed by atoms with van der Waals surface area (Å²) in [6.45, 7) is 1.37. The molecule has 0 aliphatic heterocycles. The van der Waals surface area contributed by atoms with Gasteiger partial charge in [-0.3, -0.25) is 4.57 Å². The molecule has 2 aromatic heterocycles. The average Bonchev–Trinajstić information content (AvgIpc) is 3.18. The molecule has 8 heteroatoms. The molecule has 0 fully saturated rings. The maximum atomic E-state index is 12.0. The van der Waals surface area contributed by atoms with Crippen molar-refractivity contribution in [3.8, 4) is 16.9 Å². The first-order valence-corrected chi connectivity index (χ1v) is 10.3. The van der Waals surface area contributed by atoms with Crippen LogP contribution in [0.25, 0.3) is 28.1 Å². The van der Waals surface area contributed by atoms with E-state index in [0.29, 0.717) is 11.6 Å². The fraction of sp³-hybridized carbons (Fsp3) is 0.174. The number of amides is 2. The summed E-state index contributed by atoms with van der Waals surface area (Å²) in [5, 5.41) is 6.35. The van der Waals surface area contributed by atoms with Crippen LogP contribution in [0.15, 0.2) is 67.0 Å². The molecule has 0 saturated carbocycles. The highest BCUT2D eigenvalue weighted by Crippen LogP contribution is 2.24. The number of hydrogen-bond acceptors (Lipinski definition) is 4. The first kappa shape index (κ1) is 20.8. The summed E-state index contributed by atoms with van der Waals surface area (Å²) in [5.41, 5.74) is 5.01. The highest BCUT2D eigenvalue weighted by atomic mass is 35.5. The number of benzene rings is 2. The van der Waals surface area contributed by atoms with Gasteiger partial charge in [0.15, 0.2) is 5.65 Å². The van der Waals surface area contributed by atoms with Crippen molar-refractivity contribution in [2.75, 3.05) is 32.5 Å². The number of nitrogens with one attached hydrogen (secondary N) is 2. The zero-order valence-corrected chi connectivity index (χ0v) is 18.1. The molecule has 158 valence electrons. The molecule has 2 N–H and O–H groups in total. The van der Waals surface area contributed by atoms with E-state index in [4.69, 9.17) is 16.6 Å². The second-order valence-electron chi connectivity index (χ2n) is 7.39. The summed E-state index contributed by atoms with van der Waals surface area (Å²) in [7, 11) is 3.93. The summed E-state index contributed by atoms with van der Waals surface area (Å²) >= 11 is 6.01. The van der Waals surface area contributed by atoms with Crippen LogP contribution < -0.4 is 10.6 Å². The van der Waals surface area contributed by atoms with Crippen LogP contribution in [0, 0.1) is 0 Å². The molecule has 31 heavy (non-hydrogen) atoms. The standard InChI is InChI=1S/C23H23ClN6O/c1-29(2)14-13-25-23(31)27-18-7-3-16(4-8-18)20-11-12-21-22(28-20)30(15-26-21)19-9-5-17(24)6-10-19/h3-12,15H,13-14H2,1-2H3,(H2,25,27,31). The van der Waals surface area contributed by atoms with Crippen molar-refractivity contribution in [1.29, 1.82) is 0 Å². The molecule has 2 heterocycles. The van der Waals surface area contributed by atoms with Gasteiger partial charge in [-0.1, -0.05) is 23.7 Å². The molecule has 4 aromatic rings. The van der Waals surface area contributed by atoms with Crippen molar-refractivity contribution in [2.45, 2.75) is 0 Å². The van der Waals surface area contributed by atoms with Crippen molar-refractivity contribution in [3.05, 3.63) is 72.0 Å². The number of pyridine rings is 1. The highest BCUT2D eigenvalue weighted by molar-refractivity contribution is 6.30. The van der Waals surface area contributed by atoms with Crippen LogP contribution >= 0.6 is 11.6 Å². The van der Waals surface area contributed by atoms with Crippen LogP contribution in [-0.4, -0.2) is 52.7 Å². The van der Waals surface area contributed by atoms with Crippen LogP contribution in [0.4, 0.5) is 10.5 Å². The van der Waals surface area contributed by atoms with E-state index < -0.39 is 0 Å². The van der Waals surface area contributed by atoms with E-state index in [2.05, 4.69) is 15.6 Å². The van der Waals surface area contributed by atoms with Crippen molar-refractivity contribution in [1.82, 2.24) is 24.8 Å². The monoisotopic (exact) mass is 434 g/mol. The molecule has 0 aliphatic rings. The Morgan fingerprint density at radius 3 is 2.48 bits per heavy atom. The third kappa shape index (κ3) is 5.02. The maximum Gasteiger partial charge on any atom is 0.319 e. The molecule has 0 aliphatic carbocycles. The van der Waals surface area contributed by atoms with Crippen molar-refractivity contribution in [3.63, 3.8) is 0 Å². The molecule has 7 nitrogen and oxygen atoms in total. The molecule has 0 spiro atoms. The Kier molecular flexibility index (Phi) is 6.16. The molecule has 0 unspecified atom stereocenters. The maximum absolute atomic E-state index is 12.0. The molecular weight excluding hydrogens is 412 g/mol. The number of hydrogen-bond donors (Lipinski definition) is 2. The van der Waals surface area contributed by atoms with Crippen LogP contribution in [0.1, 0.15) is 0 Å². The lowest BCUT2D eigenvalue weighted by Gasteiger charge is -2.11. The van der Waals surface area contributed by atoms with Crippen LogP contribution in [-0.2, 0) is 0 Å². The minimum atomic E-state index is -0.221. The van der Waals surface area contributed by atoms with E-state index in [1.807, 2.05) is 84.2 Å². The van der Waals surface area contributed by atoms with Gasteiger partial charge in [-0.25, -0.2) is 14.8 Å². The number of likely N-dealkylation sites (N-methyl/N-ethyl adjacent to an activating group) is 1. The third-order valence-corrected chi connectivity index (χ3v) is 5.03. The van der Waals surface area contributed by atoms with E-state index in [1.165, 1.54) is 0 Å². The minimum absolute atomic E-state index is 0.221. The number of anilines is 1. The van der Waals surface area contributed by atoms with E-state index in [9.17, 15) is 4.79 Å². The normalized spacial score (nSPS) is 11.1. The van der Waals surface area contributed by atoms with Crippen molar-refractivity contribution >= 4 is 34.5 Å². The van der Waals surface area contributed by atoms with Gasteiger partial charge in [0.05, 0.1) is 5.69 Å². The zero-order valence-electron chi connectivity index (χ0n) is 17.3. The van der Waals surface area contributed by atoms with Gasteiger partial charge in [0.2, 0.25) is 0 Å². The van der Waals surface area contributed by atoms with Gasteiger partial charge in [0.1, 0.15) is 11.8 Å². The SMILES string of the molecule is CN(C)CCNC(=O)Nc1ccc(-c2ccc3ncn(-c4ccc(Cl)cc4)c3n2)cc1. The first-order chi connectivity index (χ1) is 15.0. The molecule has 0 radical (unpaired) electrons. The van der Waals surface area contributed by atoms with E-state index in [1.54, 1.807) is 6.33 Å². The number of halogens is 1. The smallest absolute Gasteiger partial charge is 0.319 e. The van der Waals surface area contributed by atoms with Crippen LogP contribution in [0.2, 0.25) is 5.02 Å². The van der Waals surface area contributed by atoms with E-state index in [-0.39, 0.29) is 6.03 Å². The average molecular weight is 435 g/mol. The van der Waals surface area contributed by atoms with Crippen LogP contribution in [0.3, 0.4) is 0 Å². The first-order valence-electron chi connectivity index (χ1n) is 9.90. The number of carbonyl (C=O) groups is 1. The Labute approximate surface area is 185 Å². The summed E-state index contributed by atoms with van der Waals surface area (Å²) in [5.74, 6) is 0. The quantitative estimate of drug-likeness (QED) is 0.471. The summed E-state index contributed by atoms with van der Waals surface area (Å²) in [6.07, 6.45) is 1.76. The Morgan fingerprint density at radius 2 is 1.77 bits per heavy atom. The van der Waals surface area contributed by atoms with Gasteiger partial charge in [0, 0.05) is 35.1 Å². The Bertz CT molecular complexity index is 1190.